The van der Waals surface area contributed by atoms with Crippen LogP contribution in [0.25, 0.3) is 17.0 Å². The van der Waals surface area contributed by atoms with E-state index in [0.29, 0.717) is 0 Å². The van der Waals surface area contributed by atoms with Gasteiger partial charge in [0.15, 0.2) is 17.7 Å². The molecule has 108 valence electrons. The zero-order valence-electron chi connectivity index (χ0n) is 13.1. The minimum Gasteiger partial charge on any atom is -0.441 e. The van der Waals surface area contributed by atoms with Crippen molar-refractivity contribution >= 4 is 35.4 Å². The van der Waals surface area contributed by atoms with Gasteiger partial charge < -0.3 is 9.23 Å². The van der Waals surface area contributed by atoms with Gasteiger partial charge in [0.1, 0.15) is 12.6 Å². The van der Waals surface area contributed by atoms with Gasteiger partial charge in [-0.3, -0.25) is 0 Å². The zero-order valence-corrected chi connectivity index (χ0v) is 13.1. The smallest absolute Gasteiger partial charge is 0.401 e. The van der Waals surface area contributed by atoms with Gasteiger partial charge in [0, 0.05) is 17.0 Å². The first-order valence-electron chi connectivity index (χ1n) is 7.54. The molecule has 0 amide bonds. The predicted octanol–water partition coefficient (Wildman–Crippen LogP) is 2.55. The maximum absolute atomic E-state index is 6.11. The molecule has 0 saturated heterocycles. The third-order valence-corrected chi connectivity index (χ3v) is 4.50. The number of allylic oxidation sites excluding steroid dienone is 1. The van der Waals surface area contributed by atoms with E-state index in [1.165, 1.54) is 22.0 Å². The SMILES string of the molecule is CC1=Cc2c(oc3ccccc23)N(C)B1c1cccc[n+]1C. The number of aromatic nitrogens is 1. The lowest BCUT2D eigenvalue weighted by Gasteiger charge is -2.27. The molecule has 1 aromatic carbocycles. The highest BCUT2D eigenvalue weighted by Gasteiger charge is 2.38. The van der Waals surface area contributed by atoms with Gasteiger partial charge in [-0.05, 0) is 26.1 Å². The van der Waals surface area contributed by atoms with E-state index in [2.05, 4.69) is 73.0 Å². The molecule has 0 unspecified atom stereocenters. The van der Waals surface area contributed by atoms with Gasteiger partial charge in [0.2, 0.25) is 0 Å². The Kier molecular flexibility index (Phi) is 2.86. The quantitative estimate of drug-likeness (QED) is 0.507. The maximum Gasteiger partial charge on any atom is 0.401 e. The molecule has 0 fully saturated rings. The number of hydrogen-bond acceptors (Lipinski definition) is 2. The minimum atomic E-state index is 0.194. The van der Waals surface area contributed by atoms with Crippen LogP contribution < -0.4 is 15.0 Å². The fourth-order valence-corrected chi connectivity index (χ4v) is 3.44. The van der Waals surface area contributed by atoms with E-state index in [-0.39, 0.29) is 6.85 Å². The average Bonchev–Trinajstić information content (AvgIpc) is 2.88. The number of rotatable bonds is 1. The average molecular weight is 289 g/mol. The predicted molar refractivity (Wildman–Crippen MR) is 91.3 cm³/mol. The van der Waals surface area contributed by atoms with Crippen LogP contribution >= 0.6 is 0 Å². The van der Waals surface area contributed by atoms with Crippen molar-refractivity contribution in [3.8, 4) is 0 Å². The maximum atomic E-state index is 6.11. The zero-order chi connectivity index (χ0) is 15.3. The van der Waals surface area contributed by atoms with Crippen LogP contribution in [0.5, 0.6) is 0 Å². The van der Waals surface area contributed by atoms with Crippen molar-refractivity contribution in [1.29, 1.82) is 0 Å². The Balaban J connectivity index is 1.92. The van der Waals surface area contributed by atoms with Crippen LogP contribution in [0.3, 0.4) is 0 Å². The number of fused-ring (bicyclic) bond motifs is 3. The molecule has 1 aliphatic heterocycles. The second-order valence-corrected chi connectivity index (χ2v) is 5.96. The molecule has 0 aliphatic carbocycles. The number of pyridine rings is 1. The van der Waals surface area contributed by atoms with Crippen LogP contribution in [-0.2, 0) is 7.05 Å². The molecule has 3 nitrogen and oxygen atoms in total. The summed E-state index contributed by atoms with van der Waals surface area (Å²) in [5.41, 5.74) is 4.71. The lowest BCUT2D eigenvalue weighted by atomic mass is 9.49. The molecule has 0 radical (unpaired) electrons. The highest BCUT2D eigenvalue weighted by molar-refractivity contribution is 6.82. The van der Waals surface area contributed by atoms with E-state index in [9.17, 15) is 0 Å². The number of anilines is 1. The summed E-state index contributed by atoms with van der Waals surface area (Å²) in [6.07, 6.45) is 4.35. The van der Waals surface area contributed by atoms with E-state index < -0.39 is 0 Å². The lowest BCUT2D eigenvalue weighted by Crippen LogP contribution is -2.61. The molecule has 0 atom stereocenters. The Morgan fingerprint density at radius 2 is 1.86 bits per heavy atom. The fourth-order valence-electron chi connectivity index (χ4n) is 3.44. The number of furan rings is 1. The van der Waals surface area contributed by atoms with Crippen molar-refractivity contribution in [2.75, 3.05) is 11.9 Å². The second kappa shape index (κ2) is 4.77. The molecular formula is C18H18BN2O+. The summed E-state index contributed by atoms with van der Waals surface area (Å²) in [5.74, 6) is 0.945. The van der Waals surface area contributed by atoms with Gasteiger partial charge in [0.05, 0.1) is 0 Å². The van der Waals surface area contributed by atoms with E-state index >= 15 is 0 Å². The van der Waals surface area contributed by atoms with Crippen LogP contribution in [0.15, 0.2) is 58.6 Å². The molecule has 3 aromatic rings. The monoisotopic (exact) mass is 289 g/mol. The molecule has 3 heterocycles. The van der Waals surface area contributed by atoms with Crippen LogP contribution in [0.2, 0.25) is 0 Å². The number of nitrogens with zero attached hydrogens (tertiary/aromatic N) is 2. The highest BCUT2D eigenvalue weighted by Crippen LogP contribution is 2.37. The van der Waals surface area contributed by atoms with E-state index in [4.69, 9.17) is 4.42 Å². The number of para-hydroxylation sites is 1. The van der Waals surface area contributed by atoms with Gasteiger partial charge in [-0.15, -0.1) is 0 Å². The Hall–Kier alpha value is -2.49. The van der Waals surface area contributed by atoms with Crippen molar-refractivity contribution < 1.29 is 8.98 Å². The molecule has 0 saturated carbocycles. The summed E-state index contributed by atoms with van der Waals surface area (Å²) < 4.78 is 8.29. The van der Waals surface area contributed by atoms with Crippen LogP contribution in [0, 0.1) is 0 Å². The summed E-state index contributed by atoms with van der Waals surface area (Å²) in [5, 5.41) is 1.18. The van der Waals surface area contributed by atoms with Crippen molar-refractivity contribution in [3.63, 3.8) is 0 Å². The summed E-state index contributed by atoms with van der Waals surface area (Å²) in [4.78, 5) is 2.24. The number of aryl methyl sites for hydroxylation is 1. The van der Waals surface area contributed by atoms with E-state index in [0.717, 1.165) is 11.5 Å². The van der Waals surface area contributed by atoms with Crippen molar-refractivity contribution in [1.82, 2.24) is 0 Å². The Labute approximate surface area is 130 Å². The van der Waals surface area contributed by atoms with Gasteiger partial charge in [-0.1, -0.05) is 35.8 Å². The topological polar surface area (TPSA) is 20.3 Å². The van der Waals surface area contributed by atoms with Crippen molar-refractivity contribution in [2.24, 2.45) is 7.05 Å². The van der Waals surface area contributed by atoms with Gasteiger partial charge in [-0.25, -0.2) is 4.57 Å². The molecule has 22 heavy (non-hydrogen) atoms. The van der Waals surface area contributed by atoms with Gasteiger partial charge in [0.25, 0.3) is 0 Å². The molecular weight excluding hydrogens is 271 g/mol. The normalized spacial score (nSPS) is 14.2. The van der Waals surface area contributed by atoms with E-state index in [1.54, 1.807) is 0 Å². The number of benzene rings is 1. The van der Waals surface area contributed by atoms with Crippen molar-refractivity contribution in [2.45, 2.75) is 6.92 Å². The summed E-state index contributed by atoms with van der Waals surface area (Å²) >= 11 is 0. The van der Waals surface area contributed by atoms with Crippen LogP contribution in [0.4, 0.5) is 5.88 Å². The first kappa shape index (κ1) is 13.2. The molecule has 0 spiro atoms. The van der Waals surface area contributed by atoms with Crippen LogP contribution in [0.1, 0.15) is 12.5 Å². The minimum absolute atomic E-state index is 0.194. The van der Waals surface area contributed by atoms with Gasteiger partial charge >= 0.3 is 6.85 Å². The largest absolute Gasteiger partial charge is 0.441 e. The highest BCUT2D eigenvalue weighted by atomic mass is 16.4. The molecule has 0 bridgehead atoms. The fraction of sp³-hybridized carbons (Fsp3) is 0.167. The Morgan fingerprint density at radius 3 is 2.68 bits per heavy atom. The molecule has 2 aromatic heterocycles. The molecule has 0 N–H and O–H groups in total. The first-order valence-corrected chi connectivity index (χ1v) is 7.54. The van der Waals surface area contributed by atoms with Crippen molar-refractivity contribution in [3.05, 3.63) is 59.7 Å². The summed E-state index contributed by atoms with van der Waals surface area (Å²) in [6.45, 7) is 2.39. The standard InChI is InChI=1S/C18H18BN2O/c1-13-12-15-14-8-4-5-9-16(14)22-18(15)21(3)19(13)17-10-6-7-11-20(17)2/h4-12H,1-3H3/q+1. The molecule has 1 aliphatic rings. The molecule has 4 rings (SSSR count). The lowest BCUT2D eigenvalue weighted by molar-refractivity contribution is -0.654. The summed E-state index contributed by atoms with van der Waals surface area (Å²) in [7, 11) is 4.19. The third kappa shape index (κ3) is 1.80. The summed E-state index contributed by atoms with van der Waals surface area (Å²) in [6, 6.07) is 14.5. The van der Waals surface area contributed by atoms with Gasteiger partial charge in [-0.2, -0.15) is 0 Å². The molecule has 4 heteroatoms. The third-order valence-electron chi connectivity index (χ3n) is 4.50. The van der Waals surface area contributed by atoms with Crippen LogP contribution in [-0.4, -0.2) is 13.9 Å². The Morgan fingerprint density at radius 1 is 1.09 bits per heavy atom. The Bertz CT molecular complexity index is 897. The number of hydrogen-bond donors (Lipinski definition) is 0. The van der Waals surface area contributed by atoms with E-state index in [1.807, 2.05) is 12.1 Å². The first-order chi connectivity index (χ1) is 10.7. The second-order valence-electron chi connectivity index (χ2n) is 5.96.